The number of hydrogen-bond donors (Lipinski definition) is 1. The minimum absolute atomic E-state index is 0.216. The van der Waals surface area contributed by atoms with E-state index >= 15 is 0 Å². The second-order valence-electron chi connectivity index (χ2n) is 6.88. The van der Waals surface area contributed by atoms with E-state index in [9.17, 15) is 5.26 Å². The van der Waals surface area contributed by atoms with E-state index in [0.717, 1.165) is 37.6 Å². The highest BCUT2D eigenvalue weighted by molar-refractivity contribution is 5.56. The van der Waals surface area contributed by atoms with Crippen LogP contribution in [0.5, 0.6) is 0 Å². The van der Waals surface area contributed by atoms with Crippen molar-refractivity contribution in [3.8, 4) is 6.07 Å². The van der Waals surface area contributed by atoms with Gasteiger partial charge in [0, 0.05) is 25.3 Å². The maximum Gasteiger partial charge on any atom is 0.144 e. The number of morpholine rings is 1. The molecule has 1 aliphatic rings. The summed E-state index contributed by atoms with van der Waals surface area (Å²) in [5.74, 6) is 0.677. The normalized spacial score (nSPS) is 16.1. The molecule has 0 aliphatic carbocycles. The first-order valence-corrected chi connectivity index (χ1v) is 9.09. The number of nitrogens with zero attached hydrogens (tertiary/aromatic N) is 3. The molecule has 1 fully saturated rings. The molecule has 1 atom stereocenters. The summed E-state index contributed by atoms with van der Waals surface area (Å²) in [4.78, 5) is 7.00. The highest BCUT2D eigenvalue weighted by Gasteiger charge is 2.23. The van der Waals surface area contributed by atoms with Gasteiger partial charge in [-0.3, -0.25) is 4.90 Å². The maximum absolute atomic E-state index is 9.50. The van der Waals surface area contributed by atoms with Gasteiger partial charge in [-0.2, -0.15) is 5.26 Å². The molecule has 2 heterocycles. The molecule has 0 spiro atoms. The van der Waals surface area contributed by atoms with Crippen LogP contribution in [0.25, 0.3) is 0 Å². The van der Waals surface area contributed by atoms with Crippen LogP contribution in [0, 0.1) is 32.1 Å². The summed E-state index contributed by atoms with van der Waals surface area (Å²) in [6, 6.07) is 13.1. The lowest BCUT2D eigenvalue weighted by atomic mass is 10.0. The molecule has 1 aliphatic heterocycles. The van der Waals surface area contributed by atoms with Crippen molar-refractivity contribution < 1.29 is 4.74 Å². The average molecular weight is 350 g/mol. The summed E-state index contributed by atoms with van der Waals surface area (Å²) < 4.78 is 5.52. The number of anilines is 1. The Morgan fingerprint density at radius 2 is 2.00 bits per heavy atom. The van der Waals surface area contributed by atoms with E-state index in [1.165, 1.54) is 11.1 Å². The number of rotatable bonds is 5. The first-order chi connectivity index (χ1) is 12.6. The Bertz CT molecular complexity index is 806. The lowest BCUT2D eigenvalue weighted by molar-refractivity contribution is 0.0187. The van der Waals surface area contributed by atoms with Gasteiger partial charge in [-0.05, 0) is 38.0 Å². The molecule has 2 aromatic rings. The number of nitrogens with one attached hydrogen (secondary N) is 1. The van der Waals surface area contributed by atoms with Crippen LogP contribution < -0.4 is 5.32 Å². The van der Waals surface area contributed by atoms with Gasteiger partial charge in [0.1, 0.15) is 11.9 Å². The Labute approximate surface area is 155 Å². The minimum Gasteiger partial charge on any atom is -0.379 e. The summed E-state index contributed by atoms with van der Waals surface area (Å²) in [5, 5.41) is 12.9. The number of hydrogen-bond acceptors (Lipinski definition) is 5. The minimum atomic E-state index is 0.216. The molecule has 3 rings (SSSR count). The van der Waals surface area contributed by atoms with Crippen molar-refractivity contribution in [3.63, 3.8) is 0 Å². The molecule has 1 N–H and O–H groups in total. The van der Waals surface area contributed by atoms with Gasteiger partial charge in [-0.25, -0.2) is 4.98 Å². The van der Waals surface area contributed by atoms with Crippen LogP contribution in [0.15, 0.2) is 30.3 Å². The quantitative estimate of drug-likeness (QED) is 0.896. The third-order valence-electron chi connectivity index (χ3n) is 4.83. The zero-order valence-electron chi connectivity index (χ0n) is 15.7. The fraction of sp³-hybridized carbons (Fsp3) is 0.429. The van der Waals surface area contributed by atoms with E-state index in [2.05, 4.69) is 52.5 Å². The average Bonchev–Trinajstić information content (AvgIpc) is 2.62. The fourth-order valence-corrected chi connectivity index (χ4v) is 3.52. The van der Waals surface area contributed by atoms with Crippen molar-refractivity contribution in [2.24, 2.45) is 0 Å². The zero-order valence-corrected chi connectivity index (χ0v) is 15.7. The van der Waals surface area contributed by atoms with E-state index in [0.29, 0.717) is 17.9 Å². The molecule has 0 saturated carbocycles. The van der Waals surface area contributed by atoms with Crippen molar-refractivity contribution in [1.82, 2.24) is 9.88 Å². The van der Waals surface area contributed by atoms with Gasteiger partial charge < -0.3 is 10.1 Å². The van der Waals surface area contributed by atoms with E-state index in [4.69, 9.17) is 4.74 Å². The highest BCUT2D eigenvalue weighted by atomic mass is 16.5. The Kier molecular flexibility index (Phi) is 5.87. The molecule has 0 radical (unpaired) electrons. The van der Waals surface area contributed by atoms with Crippen molar-refractivity contribution >= 4 is 5.82 Å². The van der Waals surface area contributed by atoms with Crippen molar-refractivity contribution in [3.05, 3.63) is 58.3 Å². The standard InChI is InChI=1S/C21H26N4O/c1-15-5-4-6-18(11-15)20(25-7-9-26-10-8-25)14-23-21-19(13-22)16(2)12-17(3)24-21/h4-6,11-12,20H,7-10,14H2,1-3H3,(H,23,24). The van der Waals surface area contributed by atoms with Crippen LogP contribution in [0.4, 0.5) is 5.82 Å². The topological polar surface area (TPSA) is 61.2 Å². The largest absolute Gasteiger partial charge is 0.379 e. The number of aryl methyl sites for hydroxylation is 3. The van der Waals surface area contributed by atoms with Gasteiger partial charge in [-0.1, -0.05) is 29.8 Å². The van der Waals surface area contributed by atoms with Crippen LogP contribution in [0.1, 0.15) is 34.0 Å². The van der Waals surface area contributed by atoms with Gasteiger partial charge >= 0.3 is 0 Å². The van der Waals surface area contributed by atoms with Gasteiger partial charge in [0.05, 0.1) is 24.8 Å². The van der Waals surface area contributed by atoms with E-state index < -0.39 is 0 Å². The van der Waals surface area contributed by atoms with Crippen molar-refractivity contribution in [2.75, 3.05) is 38.2 Å². The Hall–Kier alpha value is -2.42. The second-order valence-corrected chi connectivity index (χ2v) is 6.88. The maximum atomic E-state index is 9.50. The molecule has 0 amide bonds. The molecule has 1 aromatic heterocycles. The van der Waals surface area contributed by atoms with E-state index in [1.807, 2.05) is 19.9 Å². The number of ether oxygens (including phenoxy) is 1. The van der Waals surface area contributed by atoms with Crippen LogP contribution in [-0.4, -0.2) is 42.7 Å². The molecule has 0 bridgehead atoms. The first-order valence-electron chi connectivity index (χ1n) is 9.09. The van der Waals surface area contributed by atoms with Crippen molar-refractivity contribution in [2.45, 2.75) is 26.8 Å². The lowest BCUT2D eigenvalue weighted by Gasteiger charge is -2.35. The number of benzene rings is 1. The number of aromatic nitrogens is 1. The predicted octanol–water partition coefficient (Wildman–Crippen LogP) is 3.36. The summed E-state index contributed by atoms with van der Waals surface area (Å²) in [5.41, 5.74) is 5.04. The SMILES string of the molecule is Cc1cccc(C(CNc2nc(C)cc(C)c2C#N)N2CCOCC2)c1. The van der Waals surface area contributed by atoms with Gasteiger partial charge in [0.2, 0.25) is 0 Å². The Morgan fingerprint density at radius 1 is 1.23 bits per heavy atom. The van der Waals surface area contributed by atoms with Crippen LogP contribution in [0.2, 0.25) is 0 Å². The fourth-order valence-electron chi connectivity index (χ4n) is 3.52. The third kappa shape index (κ3) is 4.21. The van der Waals surface area contributed by atoms with Crippen LogP contribution >= 0.6 is 0 Å². The molecule has 5 nitrogen and oxygen atoms in total. The predicted molar refractivity (Wildman–Crippen MR) is 103 cm³/mol. The van der Waals surface area contributed by atoms with Crippen LogP contribution in [0.3, 0.4) is 0 Å². The summed E-state index contributed by atoms with van der Waals surface area (Å²) in [7, 11) is 0. The molecule has 5 heteroatoms. The van der Waals surface area contributed by atoms with Crippen LogP contribution in [-0.2, 0) is 4.74 Å². The molecule has 26 heavy (non-hydrogen) atoms. The smallest absolute Gasteiger partial charge is 0.144 e. The first kappa shape index (κ1) is 18.4. The van der Waals surface area contributed by atoms with E-state index in [-0.39, 0.29) is 6.04 Å². The van der Waals surface area contributed by atoms with Gasteiger partial charge in [0.25, 0.3) is 0 Å². The Balaban J connectivity index is 1.86. The number of nitriles is 1. The van der Waals surface area contributed by atoms with Gasteiger partial charge in [0.15, 0.2) is 0 Å². The molecule has 136 valence electrons. The zero-order chi connectivity index (χ0) is 18.5. The van der Waals surface area contributed by atoms with Gasteiger partial charge in [-0.15, -0.1) is 0 Å². The molecule has 1 aromatic carbocycles. The number of pyridine rings is 1. The summed E-state index contributed by atoms with van der Waals surface area (Å²) >= 11 is 0. The Morgan fingerprint density at radius 3 is 2.69 bits per heavy atom. The molecular formula is C21H26N4O. The lowest BCUT2D eigenvalue weighted by Crippen LogP contribution is -2.41. The molecular weight excluding hydrogens is 324 g/mol. The highest BCUT2D eigenvalue weighted by Crippen LogP contribution is 2.25. The monoisotopic (exact) mass is 350 g/mol. The second kappa shape index (κ2) is 8.31. The molecule has 1 saturated heterocycles. The molecule has 1 unspecified atom stereocenters. The summed E-state index contributed by atoms with van der Waals surface area (Å²) in [6.45, 7) is 10.1. The van der Waals surface area contributed by atoms with Crippen molar-refractivity contribution in [1.29, 1.82) is 5.26 Å². The van der Waals surface area contributed by atoms with E-state index in [1.54, 1.807) is 0 Å². The summed E-state index contributed by atoms with van der Waals surface area (Å²) in [6.07, 6.45) is 0. The third-order valence-corrected chi connectivity index (χ3v) is 4.83.